The van der Waals surface area contributed by atoms with E-state index in [9.17, 15) is 9.59 Å². The van der Waals surface area contributed by atoms with Gasteiger partial charge in [0.05, 0.1) is 0 Å². The lowest BCUT2D eigenvalue weighted by Crippen LogP contribution is -2.34. The molecule has 0 aromatic carbocycles. The van der Waals surface area contributed by atoms with E-state index in [0.29, 0.717) is 23.3 Å². The van der Waals surface area contributed by atoms with Crippen LogP contribution in [0.25, 0.3) is 0 Å². The van der Waals surface area contributed by atoms with Crippen LogP contribution in [0.2, 0.25) is 0 Å². The van der Waals surface area contributed by atoms with E-state index in [4.69, 9.17) is 5.73 Å². The third-order valence-electron chi connectivity index (χ3n) is 3.01. The van der Waals surface area contributed by atoms with Crippen LogP contribution in [0.4, 0.5) is 5.13 Å². The molecule has 1 aromatic rings. The number of nitrogens with zero attached hydrogens (tertiary/aromatic N) is 2. The van der Waals surface area contributed by atoms with Gasteiger partial charge in [0.2, 0.25) is 5.91 Å². The van der Waals surface area contributed by atoms with Crippen molar-refractivity contribution in [3.8, 4) is 0 Å². The maximum atomic E-state index is 12.1. The number of thiazole rings is 1. The molecule has 1 heterocycles. The van der Waals surface area contributed by atoms with Crippen molar-refractivity contribution in [3.05, 3.63) is 11.1 Å². The zero-order valence-corrected chi connectivity index (χ0v) is 13.2. The van der Waals surface area contributed by atoms with E-state index in [2.05, 4.69) is 24.1 Å². The van der Waals surface area contributed by atoms with Crippen molar-refractivity contribution in [1.29, 1.82) is 0 Å². The van der Waals surface area contributed by atoms with Crippen LogP contribution in [0.3, 0.4) is 0 Å². The van der Waals surface area contributed by atoms with Crippen molar-refractivity contribution in [3.63, 3.8) is 0 Å². The third kappa shape index (κ3) is 4.90. The Bertz CT molecular complexity index is 473. The van der Waals surface area contributed by atoms with Crippen molar-refractivity contribution in [2.45, 2.75) is 33.2 Å². The highest BCUT2D eigenvalue weighted by molar-refractivity contribution is 7.14. The van der Waals surface area contributed by atoms with E-state index in [1.165, 1.54) is 18.3 Å². The first-order valence-electron chi connectivity index (χ1n) is 6.55. The molecule has 2 amide bonds. The summed E-state index contributed by atoms with van der Waals surface area (Å²) in [6.45, 7) is 6.12. The topological polar surface area (TPSA) is 88.3 Å². The van der Waals surface area contributed by atoms with Gasteiger partial charge in [-0.15, -0.1) is 11.3 Å². The van der Waals surface area contributed by atoms with Gasteiger partial charge < -0.3 is 16.0 Å². The zero-order valence-electron chi connectivity index (χ0n) is 12.3. The SMILES string of the molecule is CC(=O)Nc1nc(C(=O)N(C)CCC(N)C(C)C)cs1. The Kier molecular flexibility index (Phi) is 6.09. The first kappa shape index (κ1) is 16.6. The summed E-state index contributed by atoms with van der Waals surface area (Å²) >= 11 is 1.24. The van der Waals surface area contributed by atoms with E-state index in [1.807, 2.05) is 0 Å². The van der Waals surface area contributed by atoms with Gasteiger partial charge in [0.15, 0.2) is 5.13 Å². The Labute approximate surface area is 123 Å². The van der Waals surface area contributed by atoms with Crippen molar-refractivity contribution >= 4 is 28.3 Å². The predicted octanol–water partition coefficient (Wildman–Crippen LogP) is 1.55. The molecule has 0 aliphatic rings. The van der Waals surface area contributed by atoms with Crippen LogP contribution in [-0.4, -0.2) is 41.3 Å². The second-order valence-electron chi connectivity index (χ2n) is 5.14. The van der Waals surface area contributed by atoms with Crippen molar-refractivity contribution < 1.29 is 9.59 Å². The van der Waals surface area contributed by atoms with Gasteiger partial charge >= 0.3 is 0 Å². The monoisotopic (exact) mass is 298 g/mol. The molecule has 7 heteroatoms. The summed E-state index contributed by atoms with van der Waals surface area (Å²) in [6, 6.07) is 0.0793. The van der Waals surface area contributed by atoms with Gasteiger partial charge in [-0.3, -0.25) is 9.59 Å². The smallest absolute Gasteiger partial charge is 0.273 e. The fraction of sp³-hybridized carbons (Fsp3) is 0.615. The Hall–Kier alpha value is -1.47. The standard InChI is InChI=1S/C13H22N4O2S/c1-8(2)10(14)5-6-17(4)12(19)11-7-20-13(16-11)15-9(3)18/h7-8,10H,5-6,14H2,1-4H3,(H,15,16,18). The largest absolute Gasteiger partial charge is 0.340 e. The van der Waals surface area contributed by atoms with Gasteiger partial charge in [-0.2, -0.15) is 0 Å². The van der Waals surface area contributed by atoms with Crippen LogP contribution in [0, 0.1) is 5.92 Å². The van der Waals surface area contributed by atoms with Gasteiger partial charge in [0.1, 0.15) is 5.69 Å². The highest BCUT2D eigenvalue weighted by Gasteiger charge is 2.17. The van der Waals surface area contributed by atoms with Gasteiger partial charge in [0.25, 0.3) is 5.91 Å². The summed E-state index contributed by atoms with van der Waals surface area (Å²) < 4.78 is 0. The molecule has 1 rings (SSSR count). The normalized spacial score (nSPS) is 12.3. The number of hydrogen-bond acceptors (Lipinski definition) is 5. The molecular formula is C13H22N4O2S. The fourth-order valence-corrected chi connectivity index (χ4v) is 2.28. The summed E-state index contributed by atoms with van der Waals surface area (Å²) in [5.41, 5.74) is 6.31. The molecule has 1 aromatic heterocycles. The first-order valence-corrected chi connectivity index (χ1v) is 7.43. The summed E-state index contributed by atoms with van der Waals surface area (Å²) in [5.74, 6) is 0.0348. The lowest BCUT2D eigenvalue weighted by Gasteiger charge is -2.20. The Balaban J connectivity index is 2.56. The summed E-state index contributed by atoms with van der Waals surface area (Å²) in [5, 5.41) is 4.65. The maximum Gasteiger partial charge on any atom is 0.273 e. The quantitative estimate of drug-likeness (QED) is 0.834. The van der Waals surface area contributed by atoms with Gasteiger partial charge in [-0.1, -0.05) is 13.8 Å². The predicted molar refractivity (Wildman–Crippen MR) is 80.8 cm³/mol. The molecule has 0 aliphatic heterocycles. The van der Waals surface area contributed by atoms with Crippen molar-refractivity contribution in [1.82, 2.24) is 9.88 Å². The first-order chi connectivity index (χ1) is 9.31. The highest BCUT2D eigenvalue weighted by Crippen LogP contribution is 2.16. The van der Waals surface area contributed by atoms with E-state index < -0.39 is 0 Å². The molecular weight excluding hydrogens is 276 g/mol. The average Bonchev–Trinajstić information content (AvgIpc) is 2.81. The minimum absolute atomic E-state index is 0.0793. The van der Waals surface area contributed by atoms with Crippen LogP contribution in [0.5, 0.6) is 0 Å². The third-order valence-corrected chi connectivity index (χ3v) is 3.76. The van der Waals surface area contributed by atoms with E-state index in [-0.39, 0.29) is 17.9 Å². The minimum atomic E-state index is -0.199. The summed E-state index contributed by atoms with van der Waals surface area (Å²) in [4.78, 5) is 28.8. The van der Waals surface area contributed by atoms with Gasteiger partial charge in [-0.05, 0) is 12.3 Å². The molecule has 20 heavy (non-hydrogen) atoms. The molecule has 1 atom stereocenters. The highest BCUT2D eigenvalue weighted by atomic mass is 32.1. The molecule has 0 saturated carbocycles. The molecule has 0 radical (unpaired) electrons. The maximum absolute atomic E-state index is 12.1. The number of nitrogens with one attached hydrogen (secondary N) is 1. The van der Waals surface area contributed by atoms with E-state index in [0.717, 1.165) is 6.42 Å². The van der Waals surface area contributed by atoms with Gasteiger partial charge in [0, 0.05) is 31.9 Å². The molecule has 0 saturated heterocycles. The van der Waals surface area contributed by atoms with Gasteiger partial charge in [-0.25, -0.2) is 4.98 Å². The second kappa shape index (κ2) is 7.35. The average molecular weight is 298 g/mol. The van der Waals surface area contributed by atoms with E-state index >= 15 is 0 Å². The lowest BCUT2D eigenvalue weighted by molar-refractivity contribution is -0.114. The molecule has 6 nitrogen and oxygen atoms in total. The number of nitrogens with two attached hydrogens (primary N) is 1. The molecule has 0 fully saturated rings. The van der Waals surface area contributed by atoms with Crippen LogP contribution < -0.4 is 11.1 Å². The second-order valence-corrected chi connectivity index (χ2v) is 6.00. The number of carbonyl (C=O) groups is 2. The number of carbonyl (C=O) groups excluding carboxylic acids is 2. The Morgan fingerprint density at radius 1 is 1.50 bits per heavy atom. The van der Waals surface area contributed by atoms with Crippen LogP contribution in [0.1, 0.15) is 37.7 Å². The summed E-state index contributed by atoms with van der Waals surface area (Å²) in [6.07, 6.45) is 0.753. The van der Waals surface area contributed by atoms with Crippen LogP contribution in [0.15, 0.2) is 5.38 Å². The summed E-state index contributed by atoms with van der Waals surface area (Å²) in [7, 11) is 1.73. The number of anilines is 1. The number of amides is 2. The fourth-order valence-electron chi connectivity index (χ4n) is 1.55. The molecule has 0 spiro atoms. The minimum Gasteiger partial charge on any atom is -0.340 e. The number of hydrogen-bond donors (Lipinski definition) is 2. The molecule has 3 N–H and O–H groups in total. The van der Waals surface area contributed by atoms with Crippen LogP contribution in [-0.2, 0) is 4.79 Å². The number of aromatic nitrogens is 1. The molecule has 0 bridgehead atoms. The molecule has 112 valence electrons. The van der Waals surface area contributed by atoms with Crippen LogP contribution >= 0.6 is 11.3 Å². The zero-order chi connectivity index (χ0) is 15.3. The lowest BCUT2D eigenvalue weighted by atomic mass is 10.0. The molecule has 0 aliphatic carbocycles. The number of rotatable bonds is 6. The Morgan fingerprint density at radius 3 is 2.70 bits per heavy atom. The van der Waals surface area contributed by atoms with Crippen molar-refractivity contribution in [2.24, 2.45) is 11.7 Å². The van der Waals surface area contributed by atoms with Crippen molar-refractivity contribution in [2.75, 3.05) is 18.9 Å². The Morgan fingerprint density at radius 2 is 2.15 bits per heavy atom. The molecule has 1 unspecified atom stereocenters. The van der Waals surface area contributed by atoms with E-state index in [1.54, 1.807) is 17.3 Å².